The molecule has 0 saturated carbocycles. The van der Waals surface area contributed by atoms with Crippen LogP contribution in [0.3, 0.4) is 0 Å². The number of fused-ring (bicyclic) bond motifs is 1. The van der Waals surface area contributed by atoms with E-state index in [9.17, 15) is 13.2 Å². The maximum Gasteiger partial charge on any atom is 0.245 e. The second-order valence-corrected chi connectivity index (χ2v) is 11.1. The van der Waals surface area contributed by atoms with Crippen molar-refractivity contribution in [2.45, 2.75) is 36.6 Å². The number of benzene rings is 3. The number of nitrogens with zero attached hydrogens (tertiary/aromatic N) is 1. The number of nitrogens with one attached hydrogen (secondary N) is 1. The molecule has 3 aromatic rings. The number of amides is 1. The third-order valence-electron chi connectivity index (χ3n) is 6.03. The van der Waals surface area contributed by atoms with Gasteiger partial charge in [-0.2, -0.15) is 4.31 Å². The molecule has 1 amide bonds. The Kier molecular flexibility index (Phi) is 7.94. The van der Waals surface area contributed by atoms with Crippen LogP contribution < -0.4 is 5.32 Å². The molecule has 0 fully saturated rings. The Hall–Kier alpha value is -2.38. The smallest absolute Gasteiger partial charge is 0.245 e. The molecule has 0 radical (unpaired) electrons. The summed E-state index contributed by atoms with van der Waals surface area (Å²) < 4.78 is 28.3. The van der Waals surface area contributed by atoms with E-state index in [0.717, 1.165) is 30.4 Å². The molecule has 0 aliphatic heterocycles. The third kappa shape index (κ3) is 5.81. The third-order valence-corrected chi connectivity index (χ3v) is 8.59. The van der Waals surface area contributed by atoms with Gasteiger partial charge in [0.05, 0.1) is 17.6 Å². The standard InChI is InChI=1S/C26H26Cl2N2O3S/c27-21-13-14-23(28)25(17-21)34(32,33)30(16-15-19-7-2-1-3-8-19)18-26(31)29-24-12-6-10-20-9-4-5-11-22(20)24/h1-5,7-9,11,13-14,17,24H,6,10,12,15-16,18H2,(H,29,31)/t24-/m0/s1. The first kappa shape index (κ1) is 24.7. The molecule has 1 atom stereocenters. The number of halogens is 2. The molecule has 1 aliphatic carbocycles. The Morgan fingerprint density at radius 3 is 2.53 bits per heavy atom. The lowest BCUT2D eigenvalue weighted by molar-refractivity contribution is -0.122. The fourth-order valence-electron chi connectivity index (χ4n) is 4.30. The highest BCUT2D eigenvalue weighted by Crippen LogP contribution is 2.30. The van der Waals surface area contributed by atoms with Gasteiger partial charge in [-0.1, -0.05) is 77.8 Å². The summed E-state index contributed by atoms with van der Waals surface area (Å²) in [5, 5.41) is 3.37. The van der Waals surface area contributed by atoms with E-state index < -0.39 is 10.0 Å². The van der Waals surface area contributed by atoms with Gasteiger partial charge in [-0.15, -0.1) is 0 Å². The average Bonchev–Trinajstić information content (AvgIpc) is 2.84. The minimum Gasteiger partial charge on any atom is -0.348 e. The van der Waals surface area contributed by atoms with Gasteiger partial charge in [-0.25, -0.2) is 8.42 Å². The lowest BCUT2D eigenvalue weighted by atomic mass is 9.88. The van der Waals surface area contributed by atoms with Gasteiger partial charge < -0.3 is 5.32 Å². The Morgan fingerprint density at radius 1 is 1.00 bits per heavy atom. The Bertz CT molecular complexity index is 1270. The van der Waals surface area contributed by atoms with Crippen molar-refractivity contribution >= 4 is 39.1 Å². The quantitative estimate of drug-likeness (QED) is 0.434. The number of carbonyl (C=O) groups is 1. The predicted octanol–water partition coefficient (Wildman–Crippen LogP) is 5.42. The van der Waals surface area contributed by atoms with Crippen LogP contribution in [-0.2, 0) is 27.7 Å². The molecule has 4 rings (SSSR count). The van der Waals surface area contributed by atoms with Crippen LogP contribution in [0.2, 0.25) is 10.0 Å². The zero-order chi connectivity index (χ0) is 24.1. The predicted molar refractivity (Wildman–Crippen MR) is 136 cm³/mol. The highest BCUT2D eigenvalue weighted by Gasteiger charge is 2.30. The zero-order valence-electron chi connectivity index (χ0n) is 18.6. The molecule has 0 spiro atoms. The van der Waals surface area contributed by atoms with Crippen LogP contribution >= 0.6 is 23.2 Å². The second-order valence-electron chi connectivity index (χ2n) is 8.36. The van der Waals surface area contributed by atoms with E-state index in [0.29, 0.717) is 6.42 Å². The summed E-state index contributed by atoms with van der Waals surface area (Å²) in [5.41, 5.74) is 3.29. The van der Waals surface area contributed by atoms with Crippen LogP contribution in [0.4, 0.5) is 0 Å². The first-order chi connectivity index (χ1) is 16.3. The van der Waals surface area contributed by atoms with Gasteiger partial charge in [0.25, 0.3) is 0 Å². The highest BCUT2D eigenvalue weighted by molar-refractivity contribution is 7.89. The van der Waals surface area contributed by atoms with Crippen LogP contribution in [0, 0.1) is 0 Å². The molecule has 1 N–H and O–H groups in total. The van der Waals surface area contributed by atoms with Crippen LogP contribution in [0.25, 0.3) is 0 Å². The van der Waals surface area contributed by atoms with E-state index in [1.165, 1.54) is 28.1 Å². The van der Waals surface area contributed by atoms with E-state index >= 15 is 0 Å². The van der Waals surface area contributed by atoms with Gasteiger partial charge in [-0.05, 0) is 60.6 Å². The Morgan fingerprint density at radius 2 is 1.74 bits per heavy atom. The molecule has 0 heterocycles. The minimum atomic E-state index is -4.06. The summed E-state index contributed by atoms with van der Waals surface area (Å²) in [7, 11) is -4.06. The van der Waals surface area contributed by atoms with Crippen molar-refractivity contribution in [3.8, 4) is 0 Å². The zero-order valence-corrected chi connectivity index (χ0v) is 20.9. The summed E-state index contributed by atoms with van der Waals surface area (Å²) >= 11 is 12.3. The molecule has 34 heavy (non-hydrogen) atoms. The summed E-state index contributed by atoms with van der Waals surface area (Å²) in [5.74, 6) is -0.350. The normalized spacial score (nSPS) is 15.7. The van der Waals surface area contributed by atoms with Crippen molar-refractivity contribution < 1.29 is 13.2 Å². The van der Waals surface area contributed by atoms with Crippen molar-refractivity contribution in [1.82, 2.24) is 9.62 Å². The summed E-state index contributed by atoms with van der Waals surface area (Å²) in [6.07, 6.45) is 3.22. The van der Waals surface area contributed by atoms with Crippen LogP contribution in [-0.4, -0.2) is 31.7 Å². The molecule has 0 saturated heterocycles. The monoisotopic (exact) mass is 516 g/mol. The maximum atomic E-state index is 13.6. The number of sulfonamides is 1. The average molecular weight is 517 g/mol. The van der Waals surface area contributed by atoms with E-state index in [2.05, 4.69) is 11.4 Å². The second kappa shape index (κ2) is 10.9. The van der Waals surface area contributed by atoms with E-state index in [1.54, 1.807) is 0 Å². The van der Waals surface area contributed by atoms with Gasteiger partial charge in [0, 0.05) is 11.6 Å². The first-order valence-electron chi connectivity index (χ1n) is 11.2. The van der Waals surface area contributed by atoms with Gasteiger partial charge >= 0.3 is 0 Å². The fraction of sp³-hybridized carbons (Fsp3) is 0.269. The Balaban J connectivity index is 1.57. The number of rotatable bonds is 8. The molecule has 178 valence electrons. The molecular formula is C26H26Cl2N2O3S. The molecule has 8 heteroatoms. The van der Waals surface area contributed by atoms with E-state index in [4.69, 9.17) is 23.2 Å². The van der Waals surface area contributed by atoms with Gasteiger partial charge in [0.15, 0.2) is 0 Å². The number of aryl methyl sites for hydroxylation is 1. The SMILES string of the molecule is O=C(CN(CCc1ccccc1)S(=O)(=O)c1cc(Cl)ccc1Cl)N[C@H]1CCCc2ccccc21. The lowest BCUT2D eigenvalue weighted by Crippen LogP contribution is -2.43. The van der Waals surface area contributed by atoms with E-state index in [1.807, 2.05) is 48.5 Å². The number of hydrogen-bond acceptors (Lipinski definition) is 3. The van der Waals surface area contributed by atoms with E-state index in [-0.39, 0.29) is 40.0 Å². The molecule has 3 aromatic carbocycles. The van der Waals surface area contributed by atoms with Crippen molar-refractivity contribution in [3.63, 3.8) is 0 Å². The first-order valence-corrected chi connectivity index (χ1v) is 13.4. The van der Waals surface area contributed by atoms with Crippen molar-refractivity contribution in [3.05, 3.63) is 99.5 Å². The number of carbonyl (C=O) groups excluding carboxylic acids is 1. The van der Waals surface area contributed by atoms with Crippen LogP contribution in [0.1, 0.15) is 35.6 Å². The van der Waals surface area contributed by atoms with Crippen LogP contribution in [0.15, 0.2) is 77.7 Å². The maximum absolute atomic E-state index is 13.6. The van der Waals surface area contributed by atoms with Crippen molar-refractivity contribution in [2.24, 2.45) is 0 Å². The Labute approximate surface area is 210 Å². The topological polar surface area (TPSA) is 66.5 Å². The molecule has 5 nitrogen and oxygen atoms in total. The lowest BCUT2D eigenvalue weighted by Gasteiger charge is -2.28. The summed E-state index contributed by atoms with van der Waals surface area (Å²) in [6, 6.07) is 21.8. The van der Waals surface area contributed by atoms with Gasteiger partial charge in [0.2, 0.25) is 15.9 Å². The minimum absolute atomic E-state index is 0.0655. The molecule has 0 aromatic heterocycles. The van der Waals surface area contributed by atoms with Gasteiger partial charge in [-0.3, -0.25) is 4.79 Å². The van der Waals surface area contributed by atoms with Crippen LogP contribution in [0.5, 0.6) is 0 Å². The molecular weight excluding hydrogens is 491 g/mol. The molecule has 0 bridgehead atoms. The summed E-state index contributed by atoms with van der Waals surface area (Å²) in [4.78, 5) is 13.0. The largest absolute Gasteiger partial charge is 0.348 e. The molecule has 0 unspecified atom stereocenters. The highest BCUT2D eigenvalue weighted by atomic mass is 35.5. The molecule has 1 aliphatic rings. The summed E-state index contributed by atoms with van der Waals surface area (Å²) in [6.45, 7) is -0.180. The van der Waals surface area contributed by atoms with Crippen molar-refractivity contribution in [1.29, 1.82) is 0 Å². The van der Waals surface area contributed by atoms with Crippen molar-refractivity contribution in [2.75, 3.05) is 13.1 Å². The number of hydrogen-bond donors (Lipinski definition) is 1. The van der Waals surface area contributed by atoms with Gasteiger partial charge in [0.1, 0.15) is 4.90 Å². The fourth-order valence-corrected chi connectivity index (χ4v) is 6.43.